The van der Waals surface area contributed by atoms with E-state index < -0.39 is 0 Å². The Balaban J connectivity index is 1.40. The first kappa shape index (κ1) is 12.2. The van der Waals surface area contributed by atoms with Gasteiger partial charge >= 0.3 is 0 Å². The maximum absolute atomic E-state index is 12.5. The number of nitrogens with one attached hydrogen (secondary N) is 1. The molecule has 5 fully saturated rings. The molecule has 0 aliphatic heterocycles. The van der Waals surface area contributed by atoms with Crippen molar-refractivity contribution in [3.05, 3.63) is 0 Å². The van der Waals surface area contributed by atoms with Crippen LogP contribution in [-0.2, 0) is 4.79 Å². The summed E-state index contributed by atoms with van der Waals surface area (Å²) in [6, 6.07) is 0. The summed E-state index contributed by atoms with van der Waals surface area (Å²) >= 11 is 0. The van der Waals surface area contributed by atoms with Gasteiger partial charge in [0.1, 0.15) is 0 Å². The van der Waals surface area contributed by atoms with E-state index in [4.69, 9.17) is 0 Å². The summed E-state index contributed by atoms with van der Waals surface area (Å²) in [6.45, 7) is 0.931. The summed E-state index contributed by atoms with van der Waals surface area (Å²) in [6.07, 6.45) is 8.80. The van der Waals surface area contributed by atoms with Crippen molar-refractivity contribution in [3.63, 3.8) is 0 Å². The van der Waals surface area contributed by atoms with E-state index in [1.807, 2.05) is 0 Å². The van der Waals surface area contributed by atoms with Crippen molar-refractivity contribution in [2.45, 2.75) is 44.9 Å². The maximum Gasteiger partial charge on any atom is 0.223 e. The van der Waals surface area contributed by atoms with Crippen LogP contribution >= 0.6 is 0 Å². The van der Waals surface area contributed by atoms with Gasteiger partial charge in [-0.25, -0.2) is 0 Å². The molecule has 0 atom stereocenters. The highest BCUT2D eigenvalue weighted by atomic mass is 16.3. The fourth-order valence-electron chi connectivity index (χ4n) is 5.31. The third kappa shape index (κ3) is 2.01. The van der Waals surface area contributed by atoms with Crippen molar-refractivity contribution in [1.82, 2.24) is 5.32 Å². The minimum Gasteiger partial charge on any atom is -0.396 e. The van der Waals surface area contributed by atoms with Crippen LogP contribution in [0.4, 0.5) is 0 Å². The van der Waals surface area contributed by atoms with Crippen LogP contribution < -0.4 is 5.32 Å². The van der Waals surface area contributed by atoms with Crippen molar-refractivity contribution < 1.29 is 9.90 Å². The zero-order chi connectivity index (χ0) is 13.0. The molecule has 0 aromatic rings. The Hall–Kier alpha value is -0.570. The fraction of sp³-hybridized carbons (Fsp3) is 0.938. The Morgan fingerprint density at radius 2 is 1.63 bits per heavy atom. The molecule has 19 heavy (non-hydrogen) atoms. The lowest BCUT2D eigenvalue weighted by Crippen LogP contribution is -2.51. The Morgan fingerprint density at radius 1 is 1.05 bits per heavy atom. The van der Waals surface area contributed by atoms with E-state index in [0.717, 1.165) is 24.7 Å². The standard InChI is InChI=1S/C16H25NO2/c18-9-16(1-2-16)8-17-15(19)14-12-4-10-3-11(6-12)7-13(14)5-10/h10-14,18H,1-9H2,(H,17,19). The molecule has 0 aromatic carbocycles. The smallest absolute Gasteiger partial charge is 0.223 e. The predicted molar refractivity (Wildman–Crippen MR) is 72.3 cm³/mol. The highest BCUT2D eigenvalue weighted by Crippen LogP contribution is 2.56. The molecule has 0 saturated heterocycles. The van der Waals surface area contributed by atoms with Crippen LogP contribution in [0.5, 0.6) is 0 Å². The summed E-state index contributed by atoms with van der Waals surface area (Å²) in [5.74, 6) is 3.79. The third-order valence-electron chi connectivity index (χ3n) is 6.46. The van der Waals surface area contributed by atoms with Crippen molar-refractivity contribution in [3.8, 4) is 0 Å². The van der Waals surface area contributed by atoms with Gasteiger partial charge in [0.25, 0.3) is 0 Å². The average molecular weight is 263 g/mol. The Labute approximate surface area is 115 Å². The summed E-state index contributed by atoms with van der Waals surface area (Å²) in [7, 11) is 0. The van der Waals surface area contributed by atoms with Gasteiger partial charge in [0, 0.05) is 17.9 Å². The zero-order valence-electron chi connectivity index (χ0n) is 11.6. The number of amides is 1. The van der Waals surface area contributed by atoms with Gasteiger partial charge in [-0.15, -0.1) is 0 Å². The normalized spacial score (nSPS) is 45.2. The second-order valence-electron chi connectivity index (χ2n) is 7.83. The van der Waals surface area contributed by atoms with Gasteiger partial charge in [-0.05, 0) is 68.6 Å². The molecule has 4 bridgehead atoms. The number of aliphatic hydroxyl groups is 1. The van der Waals surface area contributed by atoms with Gasteiger partial charge in [0.2, 0.25) is 5.91 Å². The molecule has 3 heteroatoms. The van der Waals surface area contributed by atoms with Crippen LogP contribution in [0, 0.1) is 35.0 Å². The number of rotatable bonds is 4. The summed E-state index contributed by atoms with van der Waals surface area (Å²) in [4.78, 5) is 12.5. The minimum absolute atomic E-state index is 0.0432. The molecule has 0 heterocycles. The first-order chi connectivity index (χ1) is 9.19. The lowest BCUT2D eigenvalue weighted by atomic mass is 9.51. The molecular weight excluding hydrogens is 238 g/mol. The topological polar surface area (TPSA) is 49.3 Å². The van der Waals surface area contributed by atoms with E-state index in [1.54, 1.807) is 0 Å². The summed E-state index contributed by atoms with van der Waals surface area (Å²) in [5, 5.41) is 12.5. The predicted octanol–water partition coefficient (Wildman–Crippen LogP) is 1.95. The van der Waals surface area contributed by atoms with Crippen LogP contribution in [-0.4, -0.2) is 24.2 Å². The Morgan fingerprint density at radius 3 is 2.11 bits per heavy atom. The molecule has 5 aliphatic rings. The number of hydrogen-bond acceptors (Lipinski definition) is 2. The Bertz CT molecular complexity index is 360. The van der Waals surface area contributed by atoms with E-state index in [9.17, 15) is 9.90 Å². The van der Waals surface area contributed by atoms with Crippen molar-refractivity contribution in [2.24, 2.45) is 35.0 Å². The van der Waals surface area contributed by atoms with Gasteiger partial charge in [-0.2, -0.15) is 0 Å². The van der Waals surface area contributed by atoms with Gasteiger partial charge in [0.05, 0.1) is 6.61 Å². The average Bonchev–Trinajstić information content (AvgIpc) is 3.16. The van der Waals surface area contributed by atoms with Crippen LogP contribution in [0.25, 0.3) is 0 Å². The quantitative estimate of drug-likeness (QED) is 0.814. The lowest BCUT2D eigenvalue weighted by molar-refractivity contribution is -0.138. The largest absolute Gasteiger partial charge is 0.396 e. The van der Waals surface area contributed by atoms with Gasteiger partial charge in [-0.1, -0.05) is 0 Å². The third-order valence-corrected chi connectivity index (χ3v) is 6.46. The number of carbonyl (C=O) groups is 1. The molecule has 3 nitrogen and oxygen atoms in total. The highest BCUT2D eigenvalue weighted by molar-refractivity contribution is 5.79. The second-order valence-corrected chi connectivity index (χ2v) is 7.83. The molecule has 0 spiro atoms. The Kier molecular flexibility index (Phi) is 2.70. The SMILES string of the molecule is O=C(NCC1(CO)CC1)C1C2CC3CC(C2)CC1C3. The molecule has 1 amide bonds. The van der Waals surface area contributed by atoms with E-state index in [-0.39, 0.29) is 12.0 Å². The molecule has 5 saturated carbocycles. The molecule has 2 N–H and O–H groups in total. The van der Waals surface area contributed by atoms with Crippen molar-refractivity contribution in [2.75, 3.05) is 13.2 Å². The van der Waals surface area contributed by atoms with Crippen LogP contribution in [0.3, 0.4) is 0 Å². The zero-order valence-corrected chi connectivity index (χ0v) is 11.6. The highest BCUT2D eigenvalue weighted by Gasteiger charge is 2.51. The van der Waals surface area contributed by atoms with Crippen LogP contribution in [0.15, 0.2) is 0 Å². The van der Waals surface area contributed by atoms with Gasteiger partial charge in [0.15, 0.2) is 0 Å². The van der Waals surface area contributed by atoms with E-state index in [1.165, 1.54) is 32.1 Å². The summed E-state index contributed by atoms with van der Waals surface area (Å²) < 4.78 is 0. The number of carbonyl (C=O) groups excluding carboxylic acids is 1. The fourth-order valence-corrected chi connectivity index (χ4v) is 5.31. The monoisotopic (exact) mass is 263 g/mol. The molecule has 106 valence electrons. The molecule has 5 rings (SSSR count). The number of aliphatic hydroxyl groups excluding tert-OH is 1. The summed E-state index contributed by atoms with van der Waals surface area (Å²) in [5.41, 5.74) is 0.0432. The molecule has 5 aliphatic carbocycles. The van der Waals surface area contributed by atoms with Crippen molar-refractivity contribution in [1.29, 1.82) is 0 Å². The van der Waals surface area contributed by atoms with Gasteiger partial charge < -0.3 is 10.4 Å². The first-order valence-corrected chi connectivity index (χ1v) is 8.08. The molecule has 0 radical (unpaired) electrons. The van der Waals surface area contributed by atoms with E-state index in [2.05, 4.69) is 5.32 Å². The van der Waals surface area contributed by atoms with E-state index in [0.29, 0.717) is 30.2 Å². The van der Waals surface area contributed by atoms with E-state index >= 15 is 0 Å². The van der Waals surface area contributed by atoms with Gasteiger partial charge in [-0.3, -0.25) is 4.79 Å². The van der Waals surface area contributed by atoms with Crippen LogP contribution in [0.1, 0.15) is 44.9 Å². The minimum atomic E-state index is 0.0432. The maximum atomic E-state index is 12.5. The van der Waals surface area contributed by atoms with Crippen LogP contribution in [0.2, 0.25) is 0 Å². The molecular formula is C16H25NO2. The molecule has 0 aromatic heterocycles. The second kappa shape index (κ2) is 4.21. The lowest BCUT2D eigenvalue weighted by Gasteiger charge is -2.53. The van der Waals surface area contributed by atoms with Crippen molar-refractivity contribution >= 4 is 5.91 Å². The number of hydrogen-bond donors (Lipinski definition) is 2. The first-order valence-electron chi connectivity index (χ1n) is 8.08. The molecule has 0 unspecified atom stereocenters.